The van der Waals surface area contributed by atoms with Crippen molar-refractivity contribution in [3.8, 4) is 11.4 Å². The van der Waals surface area contributed by atoms with Gasteiger partial charge in [0.1, 0.15) is 0 Å². The van der Waals surface area contributed by atoms with E-state index < -0.39 is 0 Å². The molecule has 0 spiro atoms. The van der Waals surface area contributed by atoms with E-state index >= 15 is 0 Å². The number of aromatic nitrogens is 2. The number of hydrogen-bond donors (Lipinski definition) is 1. The standard InChI is InChI=1S/C14H18N4O/c1-9(2)18-7-11-4-3-10(5-12(11)8-18)14-16-13(6-15)19-17-14/h3-5,9H,6-8,15H2,1-2H3. The van der Waals surface area contributed by atoms with Crippen molar-refractivity contribution in [2.24, 2.45) is 5.73 Å². The summed E-state index contributed by atoms with van der Waals surface area (Å²) >= 11 is 0. The first-order chi connectivity index (χ1) is 9.17. The van der Waals surface area contributed by atoms with Crippen LogP contribution in [0.4, 0.5) is 0 Å². The summed E-state index contributed by atoms with van der Waals surface area (Å²) in [4.78, 5) is 6.70. The SMILES string of the molecule is CC(C)N1Cc2ccc(-c3noc(CN)n3)cc2C1. The Balaban J connectivity index is 1.89. The first kappa shape index (κ1) is 12.3. The molecule has 0 atom stereocenters. The van der Waals surface area contributed by atoms with Gasteiger partial charge < -0.3 is 10.3 Å². The summed E-state index contributed by atoms with van der Waals surface area (Å²) in [6, 6.07) is 6.92. The van der Waals surface area contributed by atoms with E-state index in [-0.39, 0.29) is 6.54 Å². The Hall–Kier alpha value is -1.72. The summed E-state index contributed by atoms with van der Waals surface area (Å²) in [5, 5.41) is 3.96. The second-order valence-electron chi connectivity index (χ2n) is 5.20. The first-order valence-electron chi connectivity index (χ1n) is 6.56. The molecular weight excluding hydrogens is 240 g/mol. The lowest BCUT2D eigenvalue weighted by Crippen LogP contribution is -2.24. The molecule has 0 fully saturated rings. The van der Waals surface area contributed by atoms with Crippen LogP contribution in [0, 0.1) is 0 Å². The molecule has 3 rings (SSSR count). The molecule has 0 bridgehead atoms. The van der Waals surface area contributed by atoms with E-state index in [1.807, 2.05) is 6.07 Å². The summed E-state index contributed by atoms with van der Waals surface area (Å²) in [6.45, 7) is 6.73. The van der Waals surface area contributed by atoms with Crippen molar-refractivity contribution in [1.29, 1.82) is 0 Å². The molecule has 19 heavy (non-hydrogen) atoms. The highest BCUT2D eigenvalue weighted by molar-refractivity contribution is 5.57. The molecule has 0 aliphatic carbocycles. The van der Waals surface area contributed by atoms with Crippen molar-refractivity contribution in [2.45, 2.75) is 39.5 Å². The minimum atomic E-state index is 0.277. The van der Waals surface area contributed by atoms with Crippen molar-refractivity contribution in [3.05, 3.63) is 35.2 Å². The minimum Gasteiger partial charge on any atom is -0.338 e. The Morgan fingerprint density at radius 2 is 2.11 bits per heavy atom. The highest BCUT2D eigenvalue weighted by Gasteiger charge is 2.21. The third kappa shape index (κ3) is 2.27. The van der Waals surface area contributed by atoms with Gasteiger partial charge in [0.25, 0.3) is 0 Å². The summed E-state index contributed by atoms with van der Waals surface area (Å²) in [5.74, 6) is 1.09. The van der Waals surface area contributed by atoms with Gasteiger partial charge >= 0.3 is 0 Å². The molecule has 1 aliphatic rings. The zero-order chi connectivity index (χ0) is 13.4. The molecule has 1 aromatic heterocycles. The lowest BCUT2D eigenvalue weighted by atomic mass is 10.1. The van der Waals surface area contributed by atoms with Crippen LogP contribution < -0.4 is 5.73 Å². The maximum atomic E-state index is 5.48. The highest BCUT2D eigenvalue weighted by Crippen LogP contribution is 2.28. The largest absolute Gasteiger partial charge is 0.338 e. The van der Waals surface area contributed by atoms with Crippen LogP contribution in [0.5, 0.6) is 0 Å². The molecule has 5 nitrogen and oxygen atoms in total. The normalized spacial score (nSPS) is 15.2. The van der Waals surface area contributed by atoms with E-state index in [1.165, 1.54) is 11.1 Å². The van der Waals surface area contributed by atoms with Crippen molar-refractivity contribution < 1.29 is 4.52 Å². The van der Waals surface area contributed by atoms with Gasteiger partial charge in [0.15, 0.2) is 0 Å². The van der Waals surface area contributed by atoms with Crippen LogP contribution in [0.3, 0.4) is 0 Å². The first-order valence-corrected chi connectivity index (χ1v) is 6.56. The smallest absolute Gasteiger partial charge is 0.240 e. The molecule has 5 heteroatoms. The Morgan fingerprint density at radius 3 is 2.79 bits per heavy atom. The van der Waals surface area contributed by atoms with Crippen molar-refractivity contribution in [3.63, 3.8) is 0 Å². The third-order valence-corrected chi connectivity index (χ3v) is 3.58. The topological polar surface area (TPSA) is 68.2 Å². The molecule has 2 N–H and O–H groups in total. The van der Waals surface area contributed by atoms with Gasteiger partial charge in [0, 0.05) is 24.7 Å². The van der Waals surface area contributed by atoms with Gasteiger partial charge in [-0.25, -0.2) is 0 Å². The van der Waals surface area contributed by atoms with Crippen molar-refractivity contribution in [1.82, 2.24) is 15.0 Å². The van der Waals surface area contributed by atoms with E-state index in [0.29, 0.717) is 17.8 Å². The fraction of sp³-hybridized carbons (Fsp3) is 0.429. The van der Waals surface area contributed by atoms with Crippen LogP contribution in [0.2, 0.25) is 0 Å². The molecular formula is C14H18N4O. The Kier molecular flexibility index (Phi) is 3.08. The van der Waals surface area contributed by atoms with Crippen molar-refractivity contribution >= 4 is 0 Å². The predicted molar refractivity (Wildman–Crippen MR) is 72.0 cm³/mol. The molecule has 0 saturated carbocycles. The fourth-order valence-electron chi connectivity index (χ4n) is 2.38. The fourth-order valence-corrected chi connectivity index (χ4v) is 2.38. The van der Waals surface area contributed by atoms with Gasteiger partial charge in [-0.05, 0) is 31.0 Å². The number of rotatable bonds is 3. The average molecular weight is 258 g/mol. The summed E-state index contributed by atoms with van der Waals surface area (Å²) in [6.07, 6.45) is 0. The van der Waals surface area contributed by atoms with E-state index in [0.717, 1.165) is 18.7 Å². The molecule has 0 radical (unpaired) electrons. The Labute approximate surface area is 112 Å². The summed E-state index contributed by atoms with van der Waals surface area (Å²) in [5.41, 5.74) is 9.21. The van der Waals surface area contributed by atoms with Crippen LogP contribution in [-0.4, -0.2) is 21.1 Å². The lowest BCUT2D eigenvalue weighted by molar-refractivity contribution is 0.227. The van der Waals surface area contributed by atoms with Gasteiger partial charge in [0.05, 0.1) is 6.54 Å². The van der Waals surface area contributed by atoms with Crippen LogP contribution in [0.15, 0.2) is 22.7 Å². The Bertz CT molecular complexity index is 591. The van der Waals surface area contributed by atoms with Gasteiger partial charge in [-0.15, -0.1) is 0 Å². The van der Waals surface area contributed by atoms with Gasteiger partial charge in [0.2, 0.25) is 11.7 Å². The predicted octanol–water partition coefficient (Wildman–Crippen LogP) is 1.92. The third-order valence-electron chi connectivity index (χ3n) is 3.58. The van der Waals surface area contributed by atoms with Crippen LogP contribution >= 0.6 is 0 Å². The average Bonchev–Trinajstić information content (AvgIpc) is 3.04. The molecule has 1 aromatic carbocycles. The maximum Gasteiger partial charge on any atom is 0.240 e. The Morgan fingerprint density at radius 1 is 1.32 bits per heavy atom. The summed E-state index contributed by atoms with van der Waals surface area (Å²) in [7, 11) is 0. The number of hydrogen-bond acceptors (Lipinski definition) is 5. The molecule has 100 valence electrons. The maximum absolute atomic E-state index is 5.48. The van der Waals surface area contributed by atoms with Gasteiger partial charge in [-0.3, -0.25) is 4.90 Å². The van der Waals surface area contributed by atoms with E-state index in [1.54, 1.807) is 0 Å². The quantitative estimate of drug-likeness (QED) is 0.911. The molecule has 2 aromatic rings. The summed E-state index contributed by atoms with van der Waals surface area (Å²) < 4.78 is 5.05. The van der Waals surface area contributed by atoms with Crippen LogP contribution in [-0.2, 0) is 19.6 Å². The van der Waals surface area contributed by atoms with Crippen LogP contribution in [0.1, 0.15) is 30.9 Å². The van der Waals surface area contributed by atoms with Gasteiger partial charge in [-0.2, -0.15) is 4.98 Å². The second-order valence-corrected chi connectivity index (χ2v) is 5.20. The zero-order valence-electron chi connectivity index (χ0n) is 11.3. The van der Waals surface area contributed by atoms with E-state index in [9.17, 15) is 0 Å². The number of fused-ring (bicyclic) bond motifs is 1. The zero-order valence-corrected chi connectivity index (χ0v) is 11.3. The minimum absolute atomic E-state index is 0.277. The number of nitrogens with two attached hydrogens (primary N) is 1. The van der Waals surface area contributed by atoms with Crippen molar-refractivity contribution in [2.75, 3.05) is 0 Å². The molecule has 0 unspecified atom stereocenters. The number of nitrogens with zero attached hydrogens (tertiary/aromatic N) is 3. The second kappa shape index (κ2) is 4.75. The van der Waals surface area contributed by atoms with Crippen LogP contribution in [0.25, 0.3) is 11.4 Å². The molecule has 2 heterocycles. The monoisotopic (exact) mass is 258 g/mol. The molecule has 0 saturated heterocycles. The molecule has 1 aliphatic heterocycles. The molecule has 0 amide bonds. The van der Waals surface area contributed by atoms with Gasteiger partial charge in [-0.1, -0.05) is 17.3 Å². The highest BCUT2D eigenvalue weighted by atomic mass is 16.5. The number of benzene rings is 1. The van der Waals surface area contributed by atoms with E-state index in [2.05, 4.69) is 41.0 Å². The van der Waals surface area contributed by atoms with E-state index in [4.69, 9.17) is 10.3 Å². The lowest BCUT2D eigenvalue weighted by Gasteiger charge is -2.18.